The zero-order valence-corrected chi connectivity index (χ0v) is 17.7. The van der Waals surface area contributed by atoms with Crippen LogP contribution >= 0.6 is 0 Å². The molecule has 4 aliphatic carbocycles. The first kappa shape index (κ1) is 19.8. The third kappa shape index (κ3) is 3.46. The molecule has 0 spiro atoms. The third-order valence-electron chi connectivity index (χ3n) is 6.72. The summed E-state index contributed by atoms with van der Waals surface area (Å²) >= 11 is 0. The molecule has 0 amide bonds. The summed E-state index contributed by atoms with van der Waals surface area (Å²) in [5.41, 5.74) is 4.28. The fraction of sp³-hybridized carbons (Fsp3) is 0.722. The van der Waals surface area contributed by atoms with Crippen molar-refractivity contribution in [1.82, 2.24) is 0 Å². The van der Waals surface area contributed by atoms with Crippen molar-refractivity contribution in [3.05, 3.63) is 22.8 Å². The molecule has 4 atom stereocenters. The summed E-state index contributed by atoms with van der Waals surface area (Å²) in [6, 6.07) is 0. The summed E-state index contributed by atoms with van der Waals surface area (Å²) in [6.07, 6.45) is 9.35. The minimum Gasteiger partial charge on any atom is -0.394 e. The zero-order chi connectivity index (χ0) is 16.9. The van der Waals surface area contributed by atoms with Gasteiger partial charge in [0.05, 0.1) is 17.1 Å². The largest absolute Gasteiger partial charge is 1.00 e. The van der Waals surface area contributed by atoms with Crippen LogP contribution in [0.2, 0.25) is 0 Å². The Hall–Kier alpha value is 0.0200. The Balaban J connectivity index is 0.00000182. The Morgan fingerprint density at radius 2 is 2.00 bits per heavy atom. The first-order valence-corrected chi connectivity index (χ1v) is 9.86. The van der Waals surface area contributed by atoms with Gasteiger partial charge in [-0.2, -0.15) is 0 Å². The van der Waals surface area contributed by atoms with E-state index < -0.39 is 11.0 Å². The van der Waals surface area contributed by atoms with Crippen LogP contribution in [0.3, 0.4) is 0 Å². The predicted octanol–water partition coefficient (Wildman–Crippen LogP) is 0.737. The van der Waals surface area contributed by atoms with Gasteiger partial charge in [0.25, 0.3) is 0 Å². The van der Waals surface area contributed by atoms with E-state index in [1.54, 1.807) is 0 Å². The number of ketones is 1. The van der Waals surface area contributed by atoms with Gasteiger partial charge in [-0.05, 0) is 50.9 Å². The van der Waals surface area contributed by atoms with Crippen molar-refractivity contribution < 1.29 is 52.0 Å². The van der Waals surface area contributed by atoms with Crippen LogP contribution in [0.5, 0.6) is 0 Å². The van der Waals surface area contributed by atoms with Gasteiger partial charge < -0.3 is 8.42 Å². The van der Waals surface area contributed by atoms with Gasteiger partial charge in [0.1, 0.15) is 5.78 Å². The fourth-order valence-corrected chi connectivity index (χ4v) is 5.66. The molecule has 0 aromatic heterocycles. The Labute approximate surface area is 172 Å². The monoisotopic (exact) mass is 374 g/mol. The van der Waals surface area contributed by atoms with Gasteiger partial charge in [0, 0.05) is 17.8 Å². The molecule has 4 rings (SSSR count). The molecule has 25 heavy (non-hydrogen) atoms. The van der Waals surface area contributed by atoms with E-state index in [1.807, 2.05) is 0 Å². The van der Waals surface area contributed by atoms with Crippen molar-refractivity contribution in [2.75, 3.05) is 0 Å². The number of carbonyl (C=O) groups is 1. The minimum atomic E-state index is -2.63. The maximum atomic E-state index is 12.3. The zero-order valence-electron chi connectivity index (χ0n) is 14.9. The summed E-state index contributed by atoms with van der Waals surface area (Å²) in [4.78, 5) is 17.4. The average Bonchev–Trinajstić information content (AvgIpc) is 2.88. The molecular formula is C18H23NaO5S. The molecule has 132 valence electrons. The number of allylic oxidation sites excluding steroid dienone is 3. The second-order valence-corrected chi connectivity index (χ2v) is 8.34. The molecule has 0 bridgehead atoms. The molecule has 0 heterocycles. The quantitative estimate of drug-likeness (QED) is 0.240. The van der Waals surface area contributed by atoms with Crippen molar-refractivity contribution in [3.63, 3.8) is 0 Å². The van der Waals surface area contributed by atoms with Gasteiger partial charge in [-0.1, -0.05) is 29.7 Å². The van der Waals surface area contributed by atoms with Crippen molar-refractivity contribution >= 4 is 16.8 Å². The van der Waals surface area contributed by atoms with Crippen molar-refractivity contribution in [2.45, 2.75) is 64.4 Å². The van der Waals surface area contributed by atoms with Crippen LogP contribution in [0.15, 0.2) is 22.8 Å². The van der Waals surface area contributed by atoms with E-state index in [-0.39, 0.29) is 41.1 Å². The van der Waals surface area contributed by atoms with Crippen LogP contribution in [0.4, 0.5) is 0 Å². The van der Waals surface area contributed by atoms with E-state index in [0.29, 0.717) is 17.6 Å². The number of rotatable bonds is 3. The van der Waals surface area contributed by atoms with Crippen LogP contribution in [0.25, 0.3) is 0 Å². The van der Waals surface area contributed by atoms with E-state index >= 15 is 0 Å². The van der Waals surface area contributed by atoms with Crippen LogP contribution in [0.1, 0.15) is 58.3 Å². The van der Waals surface area contributed by atoms with E-state index in [0.717, 1.165) is 51.4 Å². The second-order valence-electron chi connectivity index (χ2n) is 7.79. The van der Waals surface area contributed by atoms with Crippen molar-refractivity contribution in [1.29, 1.82) is 0 Å². The molecule has 0 unspecified atom stereocenters. The molecule has 0 N–H and O–H groups in total. The van der Waals surface area contributed by atoms with Gasteiger partial charge in [0.2, 0.25) is 0 Å². The summed E-state index contributed by atoms with van der Waals surface area (Å²) in [7, 11) is -2.63. The number of hydrogen-bond acceptors (Lipinski definition) is 6. The SMILES string of the molecule is C[C@]12CC[C@H]3C(=CCC4=C3CC[C@H](OO[S-](=O)=O)C4)[C@@H]1CCC2=O.[Na+]. The van der Waals surface area contributed by atoms with Gasteiger partial charge in [-0.15, -0.1) is 0 Å². The van der Waals surface area contributed by atoms with E-state index in [1.165, 1.54) is 16.7 Å². The Bertz CT molecular complexity index is 702. The van der Waals surface area contributed by atoms with Crippen LogP contribution < -0.4 is 29.6 Å². The molecule has 0 aliphatic heterocycles. The first-order chi connectivity index (χ1) is 11.5. The number of carbonyl (C=O) groups excluding carboxylic acids is 1. The molecule has 5 nitrogen and oxygen atoms in total. The molecule has 2 fully saturated rings. The van der Waals surface area contributed by atoms with Crippen LogP contribution in [0, 0.1) is 17.3 Å². The smallest absolute Gasteiger partial charge is 0.394 e. The second kappa shape index (κ2) is 7.56. The average molecular weight is 374 g/mol. The van der Waals surface area contributed by atoms with E-state index in [4.69, 9.17) is 4.89 Å². The molecular weight excluding hydrogens is 351 g/mol. The Morgan fingerprint density at radius 3 is 2.76 bits per heavy atom. The summed E-state index contributed by atoms with van der Waals surface area (Å²) < 4.78 is 25.2. The molecule has 4 aliphatic rings. The molecule has 0 aromatic rings. The summed E-state index contributed by atoms with van der Waals surface area (Å²) in [5, 5.41) is 0. The van der Waals surface area contributed by atoms with Crippen LogP contribution in [-0.2, 0) is 33.4 Å². The third-order valence-corrected chi connectivity index (χ3v) is 6.91. The standard InChI is InChI=1S/C18H23O5S.Na/c1-18-9-8-14-13-5-3-12(22-23-24(20)21)10-11(13)2-4-15(14)16(18)6-7-17(18)19;/h4,12,14,16H,2-3,5-10H2,1H3;/q-1;+1/t12-,14+,16-,18-;/m0./s1. The number of hydrogen-bond donors (Lipinski definition) is 0. The molecule has 0 saturated heterocycles. The van der Waals surface area contributed by atoms with Gasteiger partial charge in [-0.25, -0.2) is 4.89 Å². The van der Waals surface area contributed by atoms with Crippen molar-refractivity contribution in [3.8, 4) is 0 Å². The summed E-state index contributed by atoms with van der Waals surface area (Å²) in [5.74, 6) is 1.37. The Morgan fingerprint density at radius 1 is 1.20 bits per heavy atom. The van der Waals surface area contributed by atoms with E-state index in [9.17, 15) is 13.2 Å². The van der Waals surface area contributed by atoms with Crippen LogP contribution in [-0.4, -0.2) is 11.9 Å². The topological polar surface area (TPSA) is 69.7 Å². The normalized spacial score (nSPS) is 37.1. The first-order valence-electron chi connectivity index (χ1n) is 8.86. The number of Topliss-reactive ketones (excluding diaryl/α,β-unsaturated/α-hetero) is 1. The van der Waals surface area contributed by atoms with Crippen molar-refractivity contribution in [2.24, 2.45) is 17.3 Å². The molecule has 0 radical (unpaired) electrons. The molecule has 7 heteroatoms. The summed E-state index contributed by atoms with van der Waals surface area (Å²) in [6.45, 7) is 2.17. The van der Waals surface area contributed by atoms with Gasteiger partial charge >= 0.3 is 29.6 Å². The number of fused-ring (bicyclic) bond motifs is 4. The minimum absolute atomic E-state index is 0. The maximum absolute atomic E-state index is 12.3. The maximum Gasteiger partial charge on any atom is 1.00 e. The molecule has 2 saturated carbocycles. The van der Waals surface area contributed by atoms with E-state index in [2.05, 4.69) is 17.3 Å². The van der Waals surface area contributed by atoms with Gasteiger partial charge in [-0.3, -0.25) is 9.13 Å². The van der Waals surface area contributed by atoms with Gasteiger partial charge in [0.15, 0.2) is 0 Å². The Kier molecular flexibility index (Phi) is 5.98. The molecule has 0 aromatic carbocycles. The fourth-order valence-electron chi connectivity index (χ4n) is 5.48. The predicted molar refractivity (Wildman–Crippen MR) is 86.8 cm³/mol.